The first-order valence-electron chi connectivity index (χ1n) is 11.5. The van der Waals surface area contributed by atoms with E-state index in [-0.39, 0.29) is 35.0 Å². The lowest BCUT2D eigenvalue weighted by atomic mass is 10.0. The average Bonchev–Trinajstić information content (AvgIpc) is 3.62. The Morgan fingerprint density at radius 1 is 1.24 bits per heavy atom. The summed E-state index contributed by atoms with van der Waals surface area (Å²) in [6.07, 6.45) is 3.11. The predicted molar refractivity (Wildman–Crippen MR) is 133 cm³/mol. The number of Topliss-reactive ketones (excluding diaryl/α,β-unsaturated/α-hetero) is 1. The molecule has 1 aromatic carbocycles. The minimum atomic E-state index is -0.673. The van der Waals surface area contributed by atoms with Gasteiger partial charge in [-0.2, -0.15) is 20.0 Å². The molecular formula is C23H21ClN10O3. The highest BCUT2D eigenvalue weighted by Gasteiger charge is 2.30. The number of amides is 1. The van der Waals surface area contributed by atoms with E-state index in [9.17, 15) is 20.1 Å². The summed E-state index contributed by atoms with van der Waals surface area (Å²) in [5.74, 6) is 0.406. The number of aromatic nitrogens is 4. The van der Waals surface area contributed by atoms with Crippen molar-refractivity contribution in [1.82, 2.24) is 24.9 Å². The number of hydrogen-bond acceptors (Lipinski definition) is 11. The van der Waals surface area contributed by atoms with E-state index in [4.69, 9.17) is 11.6 Å². The minimum Gasteiger partial charge on any atom is -0.453 e. The molecule has 2 aliphatic rings. The molecule has 1 atom stereocenters. The lowest BCUT2D eigenvalue weighted by molar-refractivity contribution is -0.120. The van der Waals surface area contributed by atoms with Crippen LogP contribution in [-0.4, -0.2) is 63.7 Å². The third-order valence-corrected chi connectivity index (χ3v) is 6.46. The molecular weight excluding hydrogens is 500 g/mol. The Hall–Kier alpha value is -4.62. The van der Waals surface area contributed by atoms with E-state index in [1.807, 2.05) is 0 Å². The highest BCUT2D eigenvalue weighted by Crippen LogP contribution is 2.37. The molecule has 1 amide bonds. The van der Waals surface area contributed by atoms with E-state index >= 15 is 0 Å². The number of halogens is 1. The van der Waals surface area contributed by atoms with Gasteiger partial charge in [0, 0.05) is 12.6 Å². The SMILES string of the molecule is COC(=O)N[C@H]1CCN(c2cc(C#N)cc(Nc3nc(NC4CC4)c4ncc(C#N)n4n3)c2Cl)CC1=O. The molecule has 37 heavy (non-hydrogen) atoms. The topological polar surface area (TPSA) is 173 Å². The number of ketones is 1. The summed E-state index contributed by atoms with van der Waals surface area (Å²) in [4.78, 5) is 34.7. The van der Waals surface area contributed by atoms with Crippen molar-refractivity contribution >= 4 is 52.3 Å². The molecule has 0 radical (unpaired) electrons. The van der Waals surface area contributed by atoms with E-state index in [2.05, 4.69) is 47.9 Å². The molecule has 2 aromatic heterocycles. The summed E-state index contributed by atoms with van der Waals surface area (Å²) in [6, 6.07) is 6.93. The zero-order valence-corrected chi connectivity index (χ0v) is 20.4. The average molecular weight is 521 g/mol. The number of anilines is 4. The summed E-state index contributed by atoms with van der Waals surface area (Å²) < 4.78 is 5.97. The summed E-state index contributed by atoms with van der Waals surface area (Å²) in [5.41, 5.74) is 1.80. The van der Waals surface area contributed by atoms with Gasteiger partial charge in [-0.3, -0.25) is 4.79 Å². The van der Waals surface area contributed by atoms with Gasteiger partial charge in [-0.25, -0.2) is 9.78 Å². The van der Waals surface area contributed by atoms with Crippen molar-refractivity contribution in [2.45, 2.75) is 31.3 Å². The van der Waals surface area contributed by atoms with Crippen molar-refractivity contribution in [1.29, 1.82) is 10.5 Å². The number of ether oxygens (including phenoxy) is 1. The van der Waals surface area contributed by atoms with Crippen molar-refractivity contribution in [3.8, 4) is 12.1 Å². The number of carbonyl (C=O) groups excluding carboxylic acids is 2. The van der Waals surface area contributed by atoms with Crippen LogP contribution in [0, 0.1) is 22.7 Å². The Balaban J connectivity index is 1.46. The Morgan fingerprint density at radius 3 is 2.73 bits per heavy atom. The first kappa shape index (κ1) is 24.1. The predicted octanol–water partition coefficient (Wildman–Crippen LogP) is 2.34. The molecule has 3 heterocycles. The molecule has 0 unspecified atom stereocenters. The Morgan fingerprint density at radius 2 is 2.05 bits per heavy atom. The summed E-state index contributed by atoms with van der Waals surface area (Å²) in [5, 5.41) is 32.6. The molecule has 1 saturated heterocycles. The molecule has 13 nitrogen and oxygen atoms in total. The van der Waals surface area contributed by atoms with Crippen LogP contribution in [0.25, 0.3) is 5.65 Å². The van der Waals surface area contributed by atoms with Crippen LogP contribution in [0.2, 0.25) is 5.02 Å². The van der Waals surface area contributed by atoms with Crippen LogP contribution >= 0.6 is 11.6 Å². The Labute approximate surface area is 216 Å². The van der Waals surface area contributed by atoms with Crippen LogP contribution in [0.4, 0.5) is 27.9 Å². The zero-order chi connectivity index (χ0) is 26.1. The maximum Gasteiger partial charge on any atom is 0.407 e. The molecule has 14 heteroatoms. The first-order chi connectivity index (χ1) is 17.9. The Kier molecular flexibility index (Phi) is 6.38. The van der Waals surface area contributed by atoms with Crippen LogP contribution in [0.3, 0.4) is 0 Å². The second-order valence-corrected chi connectivity index (χ2v) is 9.03. The van der Waals surface area contributed by atoms with Crippen molar-refractivity contribution in [3.05, 3.63) is 34.6 Å². The smallest absolute Gasteiger partial charge is 0.407 e. The first-order valence-corrected chi connectivity index (χ1v) is 11.8. The van der Waals surface area contributed by atoms with Gasteiger partial charge < -0.3 is 25.6 Å². The molecule has 0 spiro atoms. The van der Waals surface area contributed by atoms with Gasteiger partial charge in [0.1, 0.15) is 6.07 Å². The van der Waals surface area contributed by atoms with Crippen molar-refractivity contribution < 1.29 is 14.3 Å². The standard InChI is InChI=1S/C23H21ClN10O3/c1-37-23(36)30-15-4-5-33(11-18(15)35)17-7-12(8-25)6-16(19(17)24)29-22-31-20(28-13-2-3-13)21-27-10-14(9-26)34(21)32-22/h6-7,10,13,15H,2-5,11H2,1H3,(H,30,36)(H2,28,29,31,32)/t15-/m0/s1. The summed E-state index contributed by atoms with van der Waals surface area (Å²) in [7, 11) is 1.23. The summed E-state index contributed by atoms with van der Waals surface area (Å²) >= 11 is 6.74. The van der Waals surface area contributed by atoms with Crippen molar-refractivity contribution in [3.63, 3.8) is 0 Å². The molecule has 188 valence electrons. The number of alkyl carbamates (subject to hydrolysis) is 1. The van der Waals surface area contributed by atoms with E-state index in [1.54, 1.807) is 17.0 Å². The summed E-state index contributed by atoms with van der Waals surface area (Å²) in [6.45, 7) is 0.397. The van der Waals surface area contributed by atoms with Crippen molar-refractivity contribution in [2.75, 3.05) is 35.7 Å². The van der Waals surface area contributed by atoms with Gasteiger partial charge in [0.05, 0.1) is 53.9 Å². The number of imidazole rings is 1. The van der Waals surface area contributed by atoms with Gasteiger partial charge in [0.15, 0.2) is 22.9 Å². The minimum absolute atomic E-state index is 0.0127. The molecule has 1 aliphatic carbocycles. The third kappa shape index (κ3) is 4.90. The molecule has 3 aromatic rings. The van der Waals surface area contributed by atoms with E-state index in [0.29, 0.717) is 41.4 Å². The fourth-order valence-corrected chi connectivity index (χ4v) is 4.30. The van der Waals surface area contributed by atoms with Crippen LogP contribution in [0.1, 0.15) is 30.5 Å². The number of nitriles is 2. The Bertz CT molecular complexity index is 1490. The van der Waals surface area contributed by atoms with Crippen LogP contribution in [-0.2, 0) is 9.53 Å². The molecule has 1 aliphatic heterocycles. The van der Waals surface area contributed by atoms with Gasteiger partial charge in [0.25, 0.3) is 0 Å². The van der Waals surface area contributed by atoms with Gasteiger partial charge in [0.2, 0.25) is 5.95 Å². The quantitative estimate of drug-likeness (QED) is 0.435. The number of rotatable bonds is 6. The van der Waals surface area contributed by atoms with Crippen LogP contribution in [0.15, 0.2) is 18.3 Å². The molecule has 2 fully saturated rings. The molecule has 3 N–H and O–H groups in total. The number of fused-ring (bicyclic) bond motifs is 1. The second-order valence-electron chi connectivity index (χ2n) is 8.65. The van der Waals surface area contributed by atoms with E-state index < -0.39 is 12.1 Å². The largest absolute Gasteiger partial charge is 0.453 e. The maximum atomic E-state index is 12.7. The highest BCUT2D eigenvalue weighted by molar-refractivity contribution is 6.36. The maximum absolute atomic E-state index is 12.7. The number of nitrogens with zero attached hydrogens (tertiary/aromatic N) is 7. The van der Waals surface area contributed by atoms with Gasteiger partial charge >= 0.3 is 6.09 Å². The van der Waals surface area contributed by atoms with Crippen molar-refractivity contribution in [2.24, 2.45) is 0 Å². The highest BCUT2D eigenvalue weighted by atomic mass is 35.5. The van der Waals surface area contributed by atoms with E-state index in [1.165, 1.54) is 17.8 Å². The molecule has 1 saturated carbocycles. The molecule has 0 bridgehead atoms. The lowest BCUT2D eigenvalue weighted by Crippen LogP contribution is -2.51. The second kappa shape index (κ2) is 9.79. The third-order valence-electron chi connectivity index (χ3n) is 6.07. The number of methoxy groups -OCH3 is 1. The zero-order valence-electron chi connectivity index (χ0n) is 19.7. The van der Waals surface area contributed by atoms with Gasteiger partial charge in [-0.05, 0) is 31.4 Å². The van der Waals surface area contributed by atoms with Crippen LogP contribution < -0.4 is 20.9 Å². The van der Waals surface area contributed by atoms with Crippen LogP contribution in [0.5, 0.6) is 0 Å². The number of piperidine rings is 1. The number of hydrogen-bond donors (Lipinski definition) is 3. The molecule has 5 rings (SSSR count). The number of carbonyl (C=O) groups is 2. The number of benzene rings is 1. The number of nitrogens with one attached hydrogen (secondary N) is 3. The van der Waals surface area contributed by atoms with Gasteiger partial charge in [-0.15, -0.1) is 5.10 Å². The van der Waals surface area contributed by atoms with E-state index in [0.717, 1.165) is 12.8 Å². The fraction of sp³-hybridized carbons (Fsp3) is 0.348. The van der Waals surface area contributed by atoms with Gasteiger partial charge in [-0.1, -0.05) is 11.6 Å². The fourth-order valence-electron chi connectivity index (χ4n) is 4.03. The lowest BCUT2D eigenvalue weighted by Gasteiger charge is -2.33. The normalized spacial score (nSPS) is 17.1. The monoisotopic (exact) mass is 520 g/mol.